The topological polar surface area (TPSA) is 68.4 Å². The summed E-state index contributed by atoms with van der Waals surface area (Å²) in [4.78, 5) is 23.7. The summed E-state index contributed by atoms with van der Waals surface area (Å²) < 4.78 is 9.49. The zero-order chi connectivity index (χ0) is 27.2. The molecule has 9 heteroatoms. The maximum Gasteiger partial charge on any atom is 0.265 e. The van der Waals surface area contributed by atoms with Crippen LogP contribution in [0.1, 0.15) is 62.9 Å². The van der Waals surface area contributed by atoms with Crippen LogP contribution in [0, 0.1) is 12.8 Å². The van der Waals surface area contributed by atoms with E-state index in [0.717, 1.165) is 24.5 Å². The van der Waals surface area contributed by atoms with Gasteiger partial charge in [-0.15, -0.1) is 0 Å². The number of aryl methyl sites for hydroxylation is 2. The van der Waals surface area contributed by atoms with Crippen molar-refractivity contribution in [2.45, 2.75) is 71.4 Å². The summed E-state index contributed by atoms with van der Waals surface area (Å²) >= 11 is 6.01. The van der Waals surface area contributed by atoms with Gasteiger partial charge >= 0.3 is 0 Å². The summed E-state index contributed by atoms with van der Waals surface area (Å²) in [6.45, 7) is 10.2. The molecule has 39 heavy (non-hydrogen) atoms. The number of likely N-dealkylation sites (tertiary alicyclic amines) is 2. The van der Waals surface area contributed by atoms with Crippen LogP contribution in [0.4, 0.5) is 0 Å². The molecule has 212 valence electrons. The van der Waals surface area contributed by atoms with E-state index in [-0.39, 0.29) is 12.2 Å². The standard InChI is InChI=1S/C30H43ClN6O2/c1-23-28-29(34(2)33-23)32-27(22-39-26-11-9-25(31)10-12-26)37(30(28)38)19-6-8-24-13-20-36(21-14-24)18-7-17-35-15-4-3-5-16-35/h9-12,24H,3-8,13-22H2,1-2H3. The van der Waals surface area contributed by atoms with E-state index in [4.69, 9.17) is 21.3 Å². The zero-order valence-electron chi connectivity index (χ0n) is 23.6. The lowest BCUT2D eigenvalue weighted by Crippen LogP contribution is -2.37. The summed E-state index contributed by atoms with van der Waals surface area (Å²) in [5, 5.41) is 5.71. The molecule has 2 aliphatic heterocycles. The van der Waals surface area contributed by atoms with Crippen molar-refractivity contribution in [1.29, 1.82) is 0 Å². The molecule has 0 radical (unpaired) electrons. The molecule has 0 saturated carbocycles. The van der Waals surface area contributed by atoms with Crippen molar-refractivity contribution < 1.29 is 4.74 Å². The minimum atomic E-state index is -0.0242. The number of piperidine rings is 2. The van der Waals surface area contributed by atoms with Gasteiger partial charge in [0.25, 0.3) is 5.56 Å². The van der Waals surface area contributed by atoms with Crippen LogP contribution in [-0.4, -0.2) is 68.4 Å². The molecule has 8 nitrogen and oxygen atoms in total. The van der Waals surface area contributed by atoms with Gasteiger partial charge in [-0.25, -0.2) is 9.67 Å². The average Bonchev–Trinajstić information content (AvgIpc) is 3.24. The Morgan fingerprint density at radius 3 is 2.36 bits per heavy atom. The van der Waals surface area contributed by atoms with E-state index in [2.05, 4.69) is 14.9 Å². The molecule has 0 spiro atoms. The number of fused-ring (bicyclic) bond motifs is 1. The third kappa shape index (κ3) is 7.21. The van der Waals surface area contributed by atoms with E-state index in [9.17, 15) is 4.79 Å². The molecule has 0 aliphatic carbocycles. The molecule has 5 rings (SSSR count). The Bertz CT molecular complexity index is 1270. The second kappa shape index (κ2) is 13.3. The van der Waals surface area contributed by atoms with Crippen LogP contribution in [-0.2, 0) is 20.2 Å². The summed E-state index contributed by atoms with van der Waals surface area (Å²) in [6.07, 6.45) is 10.0. The van der Waals surface area contributed by atoms with Crippen LogP contribution in [0.3, 0.4) is 0 Å². The van der Waals surface area contributed by atoms with Crippen molar-refractivity contribution in [1.82, 2.24) is 29.1 Å². The Labute approximate surface area is 236 Å². The van der Waals surface area contributed by atoms with Crippen molar-refractivity contribution in [2.75, 3.05) is 39.3 Å². The maximum absolute atomic E-state index is 13.6. The Morgan fingerprint density at radius 2 is 1.64 bits per heavy atom. The summed E-state index contributed by atoms with van der Waals surface area (Å²) in [5.74, 6) is 2.06. The Kier molecular flexibility index (Phi) is 9.58. The molecule has 0 atom stereocenters. The van der Waals surface area contributed by atoms with Gasteiger partial charge < -0.3 is 14.5 Å². The minimum Gasteiger partial charge on any atom is -0.486 e. The van der Waals surface area contributed by atoms with Gasteiger partial charge in [0.1, 0.15) is 17.7 Å². The normalized spacial score (nSPS) is 17.7. The monoisotopic (exact) mass is 554 g/mol. The number of aromatic nitrogens is 4. The number of rotatable bonds is 11. The first kappa shape index (κ1) is 28.1. The van der Waals surface area contributed by atoms with Crippen molar-refractivity contribution in [3.8, 4) is 5.75 Å². The van der Waals surface area contributed by atoms with Crippen LogP contribution in [0.2, 0.25) is 5.02 Å². The lowest BCUT2D eigenvalue weighted by molar-refractivity contribution is 0.159. The number of ether oxygens (including phenoxy) is 1. The fraction of sp³-hybridized carbons (Fsp3) is 0.633. The molecule has 3 aromatic rings. The molecule has 2 aromatic heterocycles. The van der Waals surface area contributed by atoms with Gasteiger partial charge in [-0.2, -0.15) is 5.10 Å². The predicted octanol–water partition coefficient (Wildman–Crippen LogP) is 5.04. The van der Waals surface area contributed by atoms with Crippen molar-refractivity contribution >= 4 is 22.6 Å². The molecule has 2 aliphatic rings. The fourth-order valence-corrected chi connectivity index (χ4v) is 6.34. The first-order chi connectivity index (χ1) is 19.0. The van der Waals surface area contributed by atoms with E-state index in [1.54, 1.807) is 16.8 Å². The van der Waals surface area contributed by atoms with Gasteiger partial charge in [-0.1, -0.05) is 18.0 Å². The van der Waals surface area contributed by atoms with Gasteiger partial charge in [0.2, 0.25) is 0 Å². The SMILES string of the molecule is Cc1nn(C)c2nc(COc3ccc(Cl)cc3)n(CCCC3CCN(CCCN4CCCCC4)CC3)c(=O)c12. The third-order valence-electron chi connectivity index (χ3n) is 8.48. The summed E-state index contributed by atoms with van der Waals surface area (Å²) in [6, 6.07) is 7.26. The number of hydrogen-bond acceptors (Lipinski definition) is 6. The first-order valence-corrected chi connectivity index (χ1v) is 15.1. The highest BCUT2D eigenvalue weighted by molar-refractivity contribution is 6.30. The van der Waals surface area contributed by atoms with Gasteiger partial charge in [0.05, 0.1) is 5.69 Å². The van der Waals surface area contributed by atoms with Gasteiger partial charge in [0, 0.05) is 18.6 Å². The molecule has 1 aromatic carbocycles. The smallest absolute Gasteiger partial charge is 0.265 e. The van der Waals surface area contributed by atoms with E-state index < -0.39 is 0 Å². The van der Waals surface area contributed by atoms with E-state index >= 15 is 0 Å². The lowest BCUT2D eigenvalue weighted by Gasteiger charge is -2.33. The van der Waals surface area contributed by atoms with Crippen LogP contribution in [0.5, 0.6) is 5.75 Å². The molecule has 0 unspecified atom stereocenters. The van der Waals surface area contributed by atoms with E-state index in [1.807, 2.05) is 30.7 Å². The van der Waals surface area contributed by atoms with Crippen molar-refractivity contribution in [3.63, 3.8) is 0 Å². The first-order valence-electron chi connectivity index (χ1n) is 14.7. The number of hydrogen-bond donors (Lipinski definition) is 0. The van der Waals surface area contributed by atoms with E-state index in [1.165, 1.54) is 77.8 Å². The molecule has 0 bridgehead atoms. The molecule has 4 heterocycles. The summed E-state index contributed by atoms with van der Waals surface area (Å²) in [5.41, 5.74) is 1.30. The molecule has 2 fully saturated rings. The fourth-order valence-electron chi connectivity index (χ4n) is 6.22. The molecule has 0 N–H and O–H groups in total. The Hall–Kier alpha value is -2.42. The average molecular weight is 555 g/mol. The quantitative estimate of drug-likeness (QED) is 0.331. The minimum absolute atomic E-state index is 0.0242. The number of benzene rings is 1. The highest BCUT2D eigenvalue weighted by Crippen LogP contribution is 2.23. The third-order valence-corrected chi connectivity index (χ3v) is 8.73. The second-order valence-electron chi connectivity index (χ2n) is 11.3. The largest absolute Gasteiger partial charge is 0.486 e. The highest BCUT2D eigenvalue weighted by atomic mass is 35.5. The highest BCUT2D eigenvalue weighted by Gasteiger charge is 2.21. The molecule has 0 amide bonds. The van der Waals surface area contributed by atoms with Crippen molar-refractivity contribution in [3.05, 3.63) is 51.2 Å². The molecular formula is C30H43ClN6O2. The lowest BCUT2D eigenvalue weighted by atomic mass is 9.92. The zero-order valence-corrected chi connectivity index (χ0v) is 24.3. The number of nitrogens with zero attached hydrogens (tertiary/aromatic N) is 6. The van der Waals surface area contributed by atoms with Crippen LogP contribution >= 0.6 is 11.6 Å². The number of halogens is 1. The molecule has 2 saturated heterocycles. The van der Waals surface area contributed by atoms with Gasteiger partial charge in [0.15, 0.2) is 11.5 Å². The summed E-state index contributed by atoms with van der Waals surface area (Å²) in [7, 11) is 1.83. The van der Waals surface area contributed by atoms with Crippen LogP contribution < -0.4 is 10.3 Å². The molecular weight excluding hydrogens is 512 g/mol. The van der Waals surface area contributed by atoms with Gasteiger partial charge in [-0.3, -0.25) is 9.36 Å². The Balaban J connectivity index is 1.15. The van der Waals surface area contributed by atoms with Crippen LogP contribution in [0.25, 0.3) is 11.0 Å². The second-order valence-corrected chi connectivity index (χ2v) is 11.8. The van der Waals surface area contributed by atoms with Crippen molar-refractivity contribution in [2.24, 2.45) is 13.0 Å². The van der Waals surface area contributed by atoms with E-state index in [0.29, 0.717) is 34.2 Å². The van der Waals surface area contributed by atoms with Crippen LogP contribution in [0.15, 0.2) is 29.1 Å². The van der Waals surface area contributed by atoms with Gasteiger partial charge in [-0.05, 0) is 121 Å². The maximum atomic E-state index is 13.6. The predicted molar refractivity (Wildman–Crippen MR) is 157 cm³/mol. The Morgan fingerprint density at radius 1 is 0.949 bits per heavy atom.